The fourth-order valence-electron chi connectivity index (χ4n) is 1.66. The molecule has 0 aliphatic carbocycles. The summed E-state index contributed by atoms with van der Waals surface area (Å²) in [6, 6.07) is 7.31. The third kappa shape index (κ3) is 6.90. The van der Waals surface area contributed by atoms with E-state index < -0.39 is 12.0 Å². The van der Waals surface area contributed by atoms with Gasteiger partial charge in [-0.25, -0.2) is 9.79 Å². The van der Waals surface area contributed by atoms with Crippen LogP contribution in [-0.2, 0) is 25.7 Å². The molecule has 1 rings (SSSR count). The normalized spacial score (nSPS) is 12.3. The summed E-state index contributed by atoms with van der Waals surface area (Å²) in [5.41, 5.74) is 2.18. The number of aliphatic imine (C=N–C) groups is 1. The first kappa shape index (κ1) is 17.2. The SMILES string of the molecule is CCCCOOC=NC(Cc1ccc(C)cc1)C(=O)OC. The molecule has 1 aromatic rings. The van der Waals surface area contributed by atoms with Crippen molar-refractivity contribution in [1.82, 2.24) is 0 Å². The summed E-state index contributed by atoms with van der Waals surface area (Å²) in [5.74, 6) is -0.399. The molecule has 0 radical (unpaired) electrons. The van der Waals surface area contributed by atoms with Gasteiger partial charge < -0.3 is 9.62 Å². The van der Waals surface area contributed by atoms with Gasteiger partial charge in [-0.05, 0) is 18.9 Å². The number of hydrogen-bond donors (Lipinski definition) is 0. The van der Waals surface area contributed by atoms with Gasteiger partial charge in [0.25, 0.3) is 0 Å². The van der Waals surface area contributed by atoms with Gasteiger partial charge in [0, 0.05) is 6.42 Å². The number of hydrogen-bond acceptors (Lipinski definition) is 5. The van der Waals surface area contributed by atoms with Crippen molar-refractivity contribution in [3.63, 3.8) is 0 Å². The molecule has 0 bridgehead atoms. The molecule has 0 N–H and O–H groups in total. The molecule has 5 nitrogen and oxygen atoms in total. The predicted molar refractivity (Wildman–Crippen MR) is 81.1 cm³/mol. The van der Waals surface area contributed by atoms with E-state index in [4.69, 9.17) is 14.5 Å². The maximum atomic E-state index is 11.7. The molecule has 0 saturated heterocycles. The molecular weight excluding hydrogens is 270 g/mol. The highest BCUT2D eigenvalue weighted by Gasteiger charge is 2.18. The van der Waals surface area contributed by atoms with Crippen LogP contribution in [0.4, 0.5) is 0 Å². The van der Waals surface area contributed by atoms with Crippen LogP contribution in [0.3, 0.4) is 0 Å². The average Bonchev–Trinajstić information content (AvgIpc) is 2.50. The molecule has 0 amide bonds. The number of ether oxygens (including phenoxy) is 1. The van der Waals surface area contributed by atoms with Crippen molar-refractivity contribution >= 4 is 12.4 Å². The maximum absolute atomic E-state index is 11.7. The van der Waals surface area contributed by atoms with Gasteiger partial charge in [-0.15, -0.1) is 0 Å². The van der Waals surface area contributed by atoms with E-state index in [1.165, 1.54) is 12.7 Å². The van der Waals surface area contributed by atoms with Crippen molar-refractivity contribution in [1.29, 1.82) is 0 Å². The molecule has 0 aromatic heterocycles. The Morgan fingerprint density at radius 1 is 1.33 bits per heavy atom. The molecule has 116 valence electrons. The number of rotatable bonds is 9. The van der Waals surface area contributed by atoms with E-state index in [0.717, 1.165) is 24.8 Å². The molecule has 0 aliphatic rings. The molecule has 0 fully saturated rings. The number of carbonyl (C=O) groups excluding carboxylic acids is 1. The van der Waals surface area contributed by atoms with Crippen LogP contribution in [0.2, 0.25) is 0 Å². The summed E-state index contributed by atoms with van der Waals surface area (Å²) in [5, 5.41) is 0. The van der Waals surface area contributed by atoms with Gasteiger partial charge >= 0.3 is 5.97 Å². The van der Waals surface area contributed by atoms with Gasteiger partial charge in [-0.2, -0.15) is 4.89 Å². The predicted octanol–water partition coefficient (Wildman–Crippen LogP) is 2.86. The summed E-state index contributed by atoms with van der Waals surface area (Å²) in [4.78, 5) is 25.5. The largest absolute Gasteiger partial charge is 0.467 e. The highest BCUT2D eigenvalue weighted by molar-refractivity contribution is 5.77. The van der Waals surface area contributed by atoms with Crippen molar-refractivity contribution in [2.75, 3.05) is 13.7 Å². The first-order chi connectivity index (χ1) is 10.2. The first-order valence-corrected chi connectivity index (χ1v) is 7.10. The van der Waals surface area contributed by atoms with Crippen LogP contribution in [0.25, 0.3) is 0 Å². The molecule has 0 aliphatic heterocycles. The van der Waals surface area contributed by atoms with Gasteiger partial charge in [0.15, 0.2) is 6.04 Å². The summed E-state index contributed by atoms with van der Waals surface area (Å²) in [6.07, 6.45) is 3.56. The Hall–Kier alpha value is -1.88. The Morgan fingerprint density at radius 2 is 2.05 bits per heavy atom. The molecule has 5 heteroatoms. The lowest BCUT2D eigenvalue weighted by molar-refractivity contribution is -0.217. The number of carbonyl (C=O) groups is 1. The van der Waals surface area contributed by atoms with E-state index in [0.29, 0.717) is 13.0 Å². The van der Waals surface area contributed by atoms with Gasteiger partial charge in [-0.3, -0.25) is 0 Å². The number of nitrogens with zero attached hydrogens (tertiary/aromatic N) is 1. The Kier molecular flexibility index (Phi) is 8.12. The zero-order chi connectivity index (χ0) is 15.5. The molecule has 21 heavy (non-hydrogen) atoms. The van der Waals surface area contributed by atoms with Crippen LogP contribution >= 0.6 is 0 Å². The summed E-state index contributed by atoms with van der Waals surface area (Å²) in [7, 11) is 1.35. The monoisotopic (exact) mass is 293 g/mol. The summed E-state index contributed by atoms with van der Waals surface area (Å²) < 4.78 is 4.75. The Morgan fingerprint density at radius 3 is 2.67 bits per heavy atom. The number of unbranched alkanes of at least 4 members (excludes halogenated alkanes) is 1. The van der Waals surface area contributed by atoms with Gasteiger partial charge in [0.2, 0.25) is 6.40 Å². The van der Waals surface area contributed by atoms with Gasteiger partial charge in [-0.1, -0.05) is 43.2 Å². The standard InChI is InChI=1S/C16H23NO4/c1-4-5-10-20-21-12-17-15(16(18)19-3)11-14-8-6-13(2)7-9-14/h6-9,12,15H,4-5,10-11H2,1-3H3. The van der Waals surface area contributed by atoms with Crippen LogP contribution in [0.1, 0.15) is 30.9 Å². The number of aryl methyl sites for hydroxylation is 1. The molecular formula is C16H23NO4. The number of esters is 1. The highest BCUT2D eigenvalue weighted by atomic mass is 17.2. The van der Waals surface area contributed by atoms with Crippen molar-refractivity contribution in [2.24, 2.45) is 4.99 Å². The number of benzene rings is 1. The van der Waals surface area contributed by atoms with E-state index in [1.807, 2.05) is 31.2 Å². The minimum atomic E-state index is -0.632. The van der Waals surface area contributed by atoms with E-state index >= 15 is 0 Å². The zero-order valence-electron chi connectivity index (χ0n) is 12.9. The summed E-state index contributed by atoms with van der Waals surface area (Å²) >= 11 is 0. The Labute approximate surface area is 125 Å². The lowest BCUT2D eigenvalue weighted by Crippen LogP contribution is -2.23. The molecule has 1 unspecified atom stereocenters. The van der Waals surface area contributed by atoms with Crippen LogP contribution < -0.4 is 0 Å². The average molecular weight is 293 g/mol. The van der Waals surface area contributed by atoms with Crippen molar-refractivity contribution in [3.8, 4) is 0 Å². The van der Waals surface area contributed by atoms with Crippen molar-refractivity contribution in [3.05, 3.63) is 35.4 Å². The third-order valence-corrected chi connectivity index (χ3v) is 2.96. The lowest BCUT2D eigenvalue weighted by Gasteiger charge is -2.10. The third-order valence-electron chi connectivity index (χ3n) is 2.96. The number of methoxy groups -OCH3 is 1. The zero-order valence-corrected chi connectivity index (χ0v) is 12.9. The minimum Gasteiger partial charge on any atom is -0.467 e. The molecule has 0 spiro atoms. The van der Waals surface area contributed by atoms with E-state index in [2.05, 4.69) is 11.9 Å². The van der Waals surface area contributed by atoms with E-state index in [-0.39, 0.29) is 0 Å². The smallest absolute Gasteiger partial charge is 0.331 e. The van der Waals surface area contributed by atoms with Crippen molar-refractivity contribution < 1.29 is 19.3 Å². The van der Waals surface area contributed by atoms with Crippen molar-refractivity contribution in [2.45, 2.75) is 39.2 Å². The molecule has 1 atom stereocenters. The van der Waals surface area contributed by atoms with Crippen LogP contribution in [0, 0.1) is 6.92 Å². The van der Waals surface area contributed by atoms with Crippen LogP contribution in [0.15, 0.2) is 29.3 Å². The molecule has 1 aromatic carbocycles. The highest BCUT2D eigenvalue weighted by Crippen LogP contribution is 2.09. The second-order valence-corrected chi connectivity index (χ2v) is 4.75. The van der Waals surface area contributed by atoms with Gasteiger partial charge in [0.05, 0.1) is 13.7 Å². The second-order valence-electron chi connectivity index (χ2n) is 4.75. The van der Waals surface area contributed by atoms with Gasteiger partial charge in [0.1, 0.15) is 0 Å². The quantitative estimate of drug-likeness (QED) is 0.175. The minimum absolute atomic E-state index is 0.399. The Bertz CT molecular complexity index is 442. The van der Waals surface area contributed by atoms with E-state index in [9.17, 15) is 4.79 Å². The second kappa shape index (κ2) is 9.94. The first-order valence-electron chi connectivity index (χ1n) is 7.10. The lowest BCUT2D eigenvalue weighted by atomic mass is 10.1. The maximum Gasteiger partial charge on any atom is 0.331 e. The van der Waals surface area contributed by atoms with E-state index in [1.54, 1.807) is 0 Å². The van der Waals surface area contributed by atoms with Crippen LogP contribution in [0.5, 0.6) is 0 Å². The van der Waals surface area contributed by atoms with Crippen LogP contribution in [-0.4, -0.2) is 32.1 Å². The fraction of sp³-hybridized carbons (Fsp3) is 0.500. The molecule has 0 heterocycles. The fourth-order valence-corrected chi connectivity index (χ4v) is 1.66. The molecule has 0 saturated carbocycles. The summed E-state index contributed by atoms with van der Waals surface area (Å²) in [6.45, 7) is 4.58. The topological polar surface area (TPSA) is 57.1 Å². The Balaban J connectivity index is 2.53.